The molecule has 0 N–H and O–H groups in total. The van der Waals surface area contributed by atoms with Gasteiger partial charge >= 0.3 is 5.69 Å². The summed E-state index contributed by atoms with van der Waals surface area (Å²) in [5.74, 6) is 0.673. The van der Waals surface area contributed by atoms with Crippen LogP contribution in [0.1, 0.15) is 50.4 Å². The van der Waals surface area contributed by atoms with E-state index in [9.17, 15) is 9.59 Å². The third-order valence-corrected chi connectivity index (χ3v) is 5.72. The Labute approximate surface area is 168 Å². The molecule has 152 valence electrons. The zero-order valence-corrected chi connectivity index (χ0v) is 17.4. The summed E-state index contributed by atoms with van der Waals surface area (Å²) in [7, 11) is 1.69. The largest absolute Gasteiger partial charge is 0.332 e. The second-order valence-corrected chi connectivity index (χ2v) is 7.69. The van der Waals surface area contributed by atoms with Crippen LogP contribution in [0.5, 0.6) is 0 Å². The molecular formula is C22H27N5O2. The van der Waals surface area contributed by atoms with Gasteiger partial charge in [-0.25, -0.2) is 4.79 Å². The molecule has 1 aromatic carbocycles. The minimum atomic E-state index is -0.307. The van der Waals surface area contributed by atoms with Crippen molar-refractivity contribution in [1.29, 1.82) is 0 Å². The van der Waals surface area contributed by atoms with Crippen molar-refractivity contribution in [2.45, 2.75) is 52.6 Å². The number of rotatable bonds is 6. The molecular weight excluding hydrogens is 366 g/mol. The Kier molecular flexibility index (Phi) is 4.90. The molecule has 0 saturated carbocycles. The maximum atomic E-state index is 13.2. The van der Waals surface area contributed by atoms with Gasteiger partial charge in [-0.2, -0.15) is 4.98 Å². The molecule has 7 heteroatoms. The van der Waals surface area contributed by atoms with Crippen molar-refractivity contribution in [1.82, 2.24) is 23.1 Å². The SMILES string of the molecule is CCCCCn1c(=O)c2c(nc3n(C(C)c4ccccc4)c(C)cn23)n(C)c1=O. The lowest BCUT2D eigenvalue weighted by Crippen LogP contribution is -2.39. The number of hydrogen-bond acceptors (Lipinski definition) is 3. The van der Waals surface area contributed by atoms with E-state index in [1.807, 2.05) is 35.7 Å². The van der Waals surface area contributed by atoms with Crippen LogP contribution in [0.2, 0.25) is 0 Å². The van der Waals surface area contributed by atoms with E-state index in [2.05, 4.69) is 30.5 Å². The van der Waals surface area contributed by atoms with Gasteiger partial charge in [-0.15, -0.1) is 0 Å². The predicted octanol–water partition coefficient (Wildman–Crippen LogP) is 3.26. The lowest BCUT2D eigenvalue weighted by molar-refractivity contribution is 0.550. The highest BCUT2D eigenvalue weighted by molar-refractivity contribution is 5.75. The van der Waals surface area contributed by atoms with E-state index >= 15 is 0 Å². The zero-order valence-electron chi connectivity index (χ0n) is 17.4. The number of imidazole rings is 2. The molecule has 7 nitrogen and oxygen atoms in total. The van der Waals surface area contributed by atoms with Crippen LogP contribution < -0.4 is 11.2 Å². The maximum Gasteiger partial charge on any atom is 0.332 e. The normalized spacial score (nSPS) is 12.8. The van der Waals surface area contributed by atoms with Gasteiger partial charge in [0.25, 0.3) is 5.56 Å². The highest BCUT2D eigenvalue weighted by atomic mass is 16.2. The molecule has 0 aliphatic carbocycles. The lowest BCUT2D eigenvalue weighted by Gasteiger charge is -2.16. The van der Waals surface area contributed by atoms with Crippen LogP contribution >= 0.6 is 0 Å². The Morgan fingerprint density at radius 2 is 1.83 bits per heavy atom. The average molecular weight is 393 g/mol. The number of benzene rings is 1. The minimum Gasteiger partial charge on any atom is -0.307 e. The van der Waals surface area contributed by atoms with Crippen LogP contribution in [0.15, 0.2) is 46.1 Å². The first-order valence-corrected chi connectivity index (χ1v) is 10.2. The second-order valence-electron chi connectivity index (χ2n) is 7.69. The van der Waals surface area contributed by atoms with Crippen molar-refractivity contribution in [3.8, 4) is 0 Å². The first kappa shape index (κ1) is 19.2. The highest BCUT2D eigenvalue weighted by Crippen LogP contribution is 2.25. The fourth-order valence-electron chi connectivity index (χ4n) is 4.10. The minimum absolute atomic E-state index is 0.0503. The van der Waals surface area contributed by atoms with E-state index in [-0.39, 0.29) is 17.3 Å². The van der Waals surface area contributed by atoms with Crippen LogP contribution in [0, 0.1) is 6.92 Å². The van der Waals surface area contributed by atoms with Gasteiger partial charge in [0.2, 0.25) is 5.78 Å². The van der Waals surface area contributed by atoms with E-state index in [1.165, 1.54) is 9.13 Å². The molecule has 0 spiro atoms. The van der Waals surface area contributed by atoms with Crippen molar-refractivity contribution in [3.05, 3.63) is 68.6 Å². The fraction of sp³-hybridized carbons (Fsp3) is 0.409. The topological polar surface area (TPSA) is 66.2 Å². The Morgan fingerprint density at radius 3 is 2.52 bits per heavy atom. The first-order chi connectivity index (χ1) is 14.0. The number of hydrogen-bond donors (Lipinski definition) is 0. The lowest BCUT2D eigenvalue weighted by atomic mass is 10.1. The first-order valence-electron chi connectivity index (χ1n) is 10.2. The third-order valence-electron chi connectivity index (χ3n) is 5.72. The number of aryl methyl sites for hydroxylation is 2. The molecule has 0 aliphatic heterocycles. The summed E-state index contributed by atoms with van der Waals surface area (Å²) < 4.78 is 6.78. The van der Waals surface area contributed by atoms with Crippen LogP contribution in [-0.2, 0) is 13.6 Å². The van der Waals surface area contributed by atoms with Gasteiger partial charge in [0.05, 0.1) is 6.04 Å². The summed E-state index contributed by atoms with van der Waals surface area (Å²) in [6, 6.07) is 10.2. The predicted molar refractivity (Wildman–Crippen MR) is 115 cm³/mol. The van der Waals surface area contributed by atoms with Gasteiger partial charge in [0.1, 0.15) is 0 Å². The van der Waals surface area contributed by atoms with Crippen LogP contribution in [0.3, 0.4) is 0 Å². The summed E-state index contributed by atoms with van der Waals surface area (Å²) in [6.07, 6.45) is 4.77. The quantitative estimate of drug-likeness (QED) is 0.472. The summed E-state index contributed by atoms with van der Waals surface area (Å²) in [6.45, 7) is 6.66. The molecule has 1 unspecified atom stereocenters. The van der Waals surface area contributed by atoms with E-state index < -0.39 is 0 Å². The van der Waals surface area contributed by atoms with Gasteiger partial charge in [0, 0.05) is 25.5 Å². The zero-order chi connectivity index (χ0) is 20.7. The Hall–Kier alpha value is -3.09. The molecule has 3 aromatic heterocycles. The third kappa shape index (κ3) is 3.01. The molecule has 0 amide bonds. The maximum absolute atomic E-state index is 13.2. The molecule has 0 saturated heterocycles. The van der Waals surface area contributed by atoms with E-state index in [4.69, 9.17) is 4.98 Å². The van der Waals surface area contributed by atoms with Crippen LogP contribution in [0.4, 0.5) is 0 Å². The number of aromatic nitrogens is 5. The molecule has 4 aromatic rings. The summed E-state index contributed by atoms with van der Waals surface area (Å²) in [5.41, 5.74) is 2.48. The Balaban J connectivity index is 1.96. The number of nitrogens with zero attached hydrogens (tertiary/aromatic N) is 5. The van der Waals surface area contributed by atoms with Crippen molar-refractivity contribution < 1.29 is 0 Å². The van der Waals surface area contributed by atoms with Crippen LogP contribution in [0.25, 0.3) is 16.9 Å². The molecule has 0 fully saturated rings. The second kappa shape index (κ2) is 7.39. The van der Waals surface area contributed by atoms with Crippen molar-refractivity contribution in [2.24, 2.45) is 7.05 Å². The summed E-state index contributed by atoms with van der Waals surface area (Å²) in [4.78, 5) is 30.7. The Bertz CT molecular complexity index is 1290. The van der Waals surface area contributed by atoms with Gasteiger partial charge in [-0.3, -0.25) is 18.3 Å². The van der Waals surface area contributed by atoms with Gasteiger partial charge < -0.3 is 4.57 Å². The molecule has 29 heavy (non-hydrogen) atoms. The average Bonchev–Trinajstić information content (AvgIpc) is 3.23. The van der Waals surface area contributed by atoms with Gasteiger partial charge in [-0.1, -0.05) is 50.1 Å². The number of fused-ring (bicyclic) bond motifs is 3. The Morgan fingerprint density at radius 1 is 1.10 bits per heavy atom. The molecule has 0 aliphatic rings. The van der Waals surface area contributed by atoms with Crippen molar-refractivity contribution in [3.63, 3.8) is 0 Å². The van der Waals surface area contributed by atoms with Crippen molar-refractivity contribution in [2.75, 3.05) is 0 Å². The van der Waals surface area contributed by atoms with E-state index in [0.29, 0.717) is 23.5 Å². The van der Waals surface area contributed by atoms with Gasteiger partial charge in [0.15, 0.2) is 11.2 Å². The van der Waals surface area contributed by atoms with E-state index in [0.717, 1.165) is 30.5 Å². The number of unbranched alkanes of at least 4 members (excludes halogenated alkanes) is 2. The summed E-state index contributed by atoms with van der Waals surface area (Å²) >= 11 is 0. The molecule has 4 rings (SSSR count). The molecule has 0 radical (unpaired) electrons. The molecule has 1 atom stereocenters. The van der Waals surface area contributed by atoms with Crippen molar-refractivity contribution >= 4 is 16.9 Å². The monoisotopic (exact) mass is 393 g/mol. The molecule has 3 heterocycles. The van der Waals surface area contributed by atoms with Crippen LogP contribution in [-0.4, -0.2) is 23.1 Å². The molecule has 0 bridgehead atoms. The van der Waals surface area contributed by atoms with E-state index in [1.54, 1.807) is 7.05 Å². The fourth-order valence-corrected chi connectivity index (χ4v) is 4.10. The smallest absolute Gasteiger partial charge is 0.307 e. The summed E-state index contributed by atoms with van der Waals surface area (Å²) in [5, 5.41) is 0. The highest BCUT2D eigenvalue weighted by Gasteiger charge is 2.22. The standard InChI is InChI=1S/C22H27N5O2/c1-5-6-10-13-25-20(28)18-19(24(4)22(25)29)23-21-26(18)14-15(2)27(21)16(3)17-11-8-7-9-12-17/h7-9,11-12,14,16H,5-6,10,13H2,1-4H3. The van der Waals surface area contributed by atoms with Gasteiger partial charge in [-0.05, 0) is 25.8 Å².